The van der Waals surface area contributed by atoms with Crippen LogP contribution < -0.4 is 0 Å². The summed E-state index contributed by atoms with van der Waals surface area (Å²) in [4.78, 5) is 0. The summed E-state index contributed by atoms with van der Waals surface area (Å²) in [5, 5.41) is 0. The van der Waals surface area contributed by atoms with E-state index in [1.165, 1.54) is 68.1 Å². The van der Waals surface area contributed by atoms with Crippen molar-refractivity contribution in [2.45, 2.75) is 71.1 Å². The fraction of sp³-hybridized carbons (Fsp3) is 0.500. The standard InChI is InChI=1S/C24H32/c1-3-4-5-6-20-9-13-22(14-10-20)24-17-15-23(16-18-24)21-11-7-19(2)8-12-21/h7-8,11-12,15-18,20,22H,3-6,9-10,13-14H2,1-2H3. The molecule has 1 fully saturated rings. The third-order valence-corrected chi connectivity index (χ3v) is 5.83. The van der Waals surface area contributed by atoms with Crippen LogP contribution in [0.5, 0.6) is 0 Å². The molecule has 0 saturated heterocycles. The van der Waals surface area contributed by atoms with Crippen molar-refractivity contribution in [3.8, 4) is 11.1 Å². The van der Waals surface area contributed by atoms with Gasteiger partial charge in [-0.2, -0.15) is 0 Å². The summed E-state index contributed by atoms with van der Waals surface area (Å²) in [6.45, 7) is 4.45. The molecule has 0 heteroatoms. The molecule has 0 N–H and O–H groups in total. The number of hydrogen-bond donors (Lipinski definition) is 0. The monoisotopic (exact) mass is 320 g/mol. The van der Waals surface area contributed by atoms with E-state index >= 15 is 0 Å². The van der Waals surface area contributed by atoms with Gasteiger partial charge in [0.25, 0.3) is 0 Å². The van der Waals surface area contributed by atoms with Gasteiger partial charge in [0.05, 0.1) is 0 Å². The van der Waals surface area contributed by atoms with Gasteiger partial charge in [0.15, 0.2) is 0 Å². The van der Waals surface area contributed by atoms with Crippen LogP contribution in [-0.4, -0.2) is 0 Å². The summed E-state index contributed by atoms with van der Waals surface area (Å²) in [5.41, 5.74) is 5.54. The van der Waals surface area contributed by atoms with Gasteiger partial charge in [-0.3, -0.25) is 0 Å². The lowest BCUT2D eigenvalue weighted by Gasteiger charge is -2.29. The summed E-state index contributed by atoms with van der Waals surface area (Å²) in [5.74, 6) is 1.79. The van der Waals surface area contributed by atoms with E-state index in [0.717, 1.165) is 11.8 Å². The van der Waals surface area contributed by atoms with Crippen molar-refractivity contribution in [1.82, 2.24) is 0 Å². The van der Waals surface area contributed by atoms with Crippen molar-refractivity contribution < 1.29 is 0 Å². The highest BCUT2D eigenvalue weighted by Gasteiger charge is 2.21. The van der Waals surface area contributed by atoms with Crippen molar-refractivity contribution in [3.63, 3.8) is 0 Å². The molecule has 3 rings (SSSR count). The highest BCUT2D eigenvalue weighted by molar-refractivity contribution is 5.64. The van der Waals surface area contributed by atoms with Gasteiger partial charge in [-0.15, -0.1) is 0 Å². The second-order valence-electron chi connectivity index (χ2n) is 7.70. The molecule has 0 aromatic heterocycles. The quantitative estimate of drug-likeness (QED) is 0.483. The lowest BCUT2D eigenvalue weighted by atomic mass is 9.77. The van der Waals surface area contributed by atoms with E-state index in [2.05, 4.69) is 62.4 Å². The van der Waals surface area contributed by atoms with Gasteiger partial charge in [-0.1, -0.05) is 86.7 Å². The van der Waals surface area contributed by atoms with Crippen LogP contribution in [0.2, 0.25) is 0 Å². The molecule has 0 heterocycles. The minimum atomic E-state index is 0.791. The first-order chi connectivity index (χ1) is 11.8. The molecule has 1 aliphatic rings. The third-order valence-electron chi connectivity index (χ3n) is 5.83. The van der Waals surface area contributed by atoms with Crippen LogP contribution in [-0.2, 0) is 0 Å². The lowest BCUT2D eigenvalue weighted by molar-refractivity contribution is 0.303. The Bertz CT molecular complexity index is 597. The molecule has 0 amide bonds. The topological polar surface area (TPSA) is 0 Å². The van der Waals surface area contributed by atoms with Crippen molar-refractivity contribution in [1.29, 1.82) is 0 Å². The molecule has 0 atom stereocenters. The summed E-state index contributed by atoms with van der Waals surface area (Å²) in [7, 11) is 0. The maximum absolute atomic E-state index is 2.37. The number of unbranched alkanes of at least 4 members (excludes halogenated alkanes) is 2. The molecular formula is C24H32. The Morgan fingerprint density at radius 3 is 1.92 bits per heavy atom. The Hall–Kier alpha value is -1.56. The molecule has 0 nitrogen and oxygen atoms in total. The Morgan fingerprint density at radius 1 is 0.750 bits per heavy atom. The molecule has 1 saturated carbocycles. The fourth-order valence-corrected chi connectivity index (χ4v) is 4.16. The summed E-state index contributed by atoms with van der Waals surface area (Å²) < 4.78 is 0. The van der Waals surface area contributed by atoms with Crippen molar-refractivity contribution in [3.05, 3.63) is 59.7 Å². The SMILES string of the molecule is CCCCCC1CCC(c2ccc(-c3ccc(C)cc3)cc2)CC1. The molecule has 1 aliphatic carbocycles. The summed E-state index contributed by atoms with van der Waals surface area (Å²) in [6.07, 6.45) is 11.3. The number of aryl methyl sites for hydroxylation is 1. The predicted octanol–water partition coefficient (Wildman–Crippen LogP) is 7.52. The van der Waals surface area contributed by atoms with Gasteiger partial charge in [0, 0.05) is 0 Å². The van der Waals surface area contributed by atoms with Crippen LogP contribution in [0.4, 0.5) is 0 Å². The Morgan fingerprint density at radius 2 is 1.33 bits per heavy atom. The predicted molar refractivity (Wildman–Crippen MR) is 105 cm³/mol. The highest BCUT2D eigenvalue weighted by atomic mass is 14.3. The van der Waals surface area contributed by atoms with Crippen LogP contribution in [0.15, 0.2) is 48.5 Å². The van der Waals surface area contributed by atoms with Crippen LogP contribution >= 0.6 is 0 Å². The number of rotatable bonds is 6. The zero-order chi connectivity index (χ0) is 16.8. The van der Waals surface area contributed by atoms with Gasteiger partial charge < -0.3 is 0 Å². The second kappa shape index (κ2) is 8.51. The van der Waals surface area contributed by atoms with Gasteiger partial charge in [-0.25, -0.2) is 0 Å². The zero-order valence-electron chi connectivity index (χ0n) is 15.4. The second-order valence-corrected chi connectivity index (χ2v) is 7.70. The van der Waals surface area contributed by atoms with Crippen LogP contribution in [0.3, 0.4) is 0 Å². The average molecular weight is 321 g/mol. The van der Waals surface area contributed by atoms with Crippen LogP contribution in [0.25, 0.3) is 11.1 Å². The first-order valence-electron chi connectivity index (χ1n) is 9.93. The highest BCUT2D eigenvalue weighted by Crippen LogP contribution is 2.38. The van der Waals surface area contributed by atoms with Crippen molar-refractivity contribution in [2.75, 3.05) is 0 Å². The third kappa shape index (κ3) is 4.50. The molecule has 2 aromatic rings. The maximum Gasteiger partial charge on any atom is -0.0162 e. The fourth-order valence-electron chi connectivity index (χ4n) is 4.16. The first kappa shape index (κ1) is 17.3. The van der Waals surface area contributed by atoms with Gasteiger partial charge >= 0.3 is 0 Å². The van der Waals surface area contributed by atoms with Crippen LogP contribution in [0.1, 0.15) is 75.3 Å². The summed E-state index contributed by atoms with van der Waals surface area (Å²) >= 11 is 0. The molecule has 0 aliphatic heterocycles. The van der Waals surface area contributed by atoms with E-state index in [9.17, 15) is 0 Å². The largest absolute Gasteiger partial charge is 0.0654 e. The molecule has 2 aromatic carbocycles. The van der Waals surface area contributed by atoms with E-state index in [1.54, 1.807) is 5.56 Å². The molecular weight excluding hydrogens is 288 g/mol. The van der Waals surface area contributed by atoms with E-state index < -0.39 is 0 Å². The molecule has 0 spiro atoms. The molecule has 24 heavy (non-hydrogen) atoms. The summed E-state index contributed by atoms with van der Waals surface area (Å²) in [6, 6.07) is 18.2. The van der Waals surface area contributed by atoms with E-state index in [-0.39, 0.29) is 0 Å². The van der Waals surface area contributed by atoms with Crippen molar-refractivity contribution in [2.24, 2.45) is 5.92 Å². The molecule has 0 unspecified atom stereocenters. The van der Waals surface area contributed by atoms with Gasteiger partial charge in [-0.05, 0) is 61.1 Å². The minimum absolute atomic E-state index is 0.791. The van der Waals surface area contributed by atoms with E-state index in [1.807, 2.05) is 0 Å². The van der Waals surface area contributed by atoms with Gasteiger partial charge in [0.2, 0.25) is 0 Å². The number of benzene rings is 2. The molecule has 128 valence electrons. The molecule has 0 bridgehead atoms. The lowest BCUT2D eigenvalue weighted by Crippen LogP contribution is -2.13. The maximum atomic E-state index is 2.37. The Balaban J connectivity index is 1.56. The Kier molecular flexibility index (Phi) is 6.12. The zero-order valence-corrected chi connectivity index (χ0v) is 15.4. The van der Waals surface area contributed by atoms with E-state index in [0.29, 0.717) is 0 Å². The first-order valence-corrected chi connectivity index (χ1v) is 9.93. The van der Waals surface area contributed by atoms with Gasteiger partial charge in [0.1, 0.15) is 0 Å². The minimum Gasteiger partial charge on any atom is -0.0654 e. The normalized spacial score (nSPS) is 20.9. The van der Waals surface area contributed by atoms with Crippen LogP contribution in [0, 0.1) is 12.8 Å². The average Bonchev–Trinajstić information content (AvgIpc) is 2.63. The smallest absolute Gasteiger partial charge is 0.0162 e. The van der Waals surface area contributed by atoms with Crippen molar-refractivity contribution >= 4 is 0 Å². The molecule has 0 radical (unpaired) electrons. The van der Waals surface area contributed by atoms with E-state index in [4.69, 9.17) is 0 Å². The number of hydrogen-bond acceptors (Lipinski definition) is 0. The Labute approximate surface area is 148 Å².